The minimum Gasteiger partial charge on any atom is -0.498 e. The molecule has 0 atom stereocenters. The highest BCUT2D eigenvalue weighted by Crippen LogP contribution is 2.33. The minimum atomic E-state index is -0.0431. The second-order valence-electron chi connectivity index (χ2n) is 7.47. The van der Waals surface area contributed by atoms with E-state index in [9.17, 15) is 0 Å². The van der Waals surface area contributed by atoms with Gasteiger partial charge in [-0.15, -0.1) is 23.5 Å². The van der Waals surface area contributed by atoms with Crippen LogP contribution >= 0.6 is 23.5 Å². The molecule has 0 bridgehead atoms. The van der Waals surface area contributed by atoms with Gasteiger partial charge in [0, 0.05) is 26.7 Å². The van der Waals surface area contributed by atoms with E-state index >= 15 is 0 Å². The first-order chi connectivity index (χ1) is 13.8. The monoisotopic (exact) mass is 428 g/mol. The molecule has 2 aromatic rings. The highest BCUT2D eigenvalue weighted by atomic mass is 32.2. The zero-order valence-corrected chi connectivity index (χ0v) is 19.6. The fourth-order valence-electron chi connectivity index (χ4n) is 2.85. The molecule has 156 valence electrons. The average molecular weight is 429 g/mol. The van der Waals surface area contributed by atoms with E-state index in [4.69, 9.17) is 9.47 Å². The van der Waals surface area contributed by atoms with Crippen molar-refractivity contribution in [3.8, 4) is 0 Å². The van der Waals surface area contributed by atoms with Crippen LogP contribution in [0.15, 0.2) is 83.0 Å². The van der Waals surface area contributed by atoms with Crippen LogP contribution in [-0.4, -0.2) is 24.7 Å². The Morgan fingerprint density at radius 2 is 1.07 bits per heavy atom. The van der Waals surface area contributed by atoms with Crippen molar-refractivity contribution in [2.45, 2.75) is 42.9 Å². The van der Waals surface area contributed by atoms with Crippen molar-refractivity contribution in [2.75, 3.05) is 24.7 Å². The largest absolute Gasteiger partial charge is 0.498 e. The Morgan fingerprint density at radius 3 is 1.38 bits per heavy atom. The summed E-state index contributed by atoms with van der Waals surface area (Å²) in [6.07, 6.45) is 0. The third-order valence-corrected chi connectivity index (χ3v) is 6.51. The van der Waals surface area contributed by atoms with Gasteiger partial charge >= 0.3 is 0 Å². The number of hydrogen-bond acceptors (Lipinski definition) is 4. The summed E-state index contributed by atoms with van der Waals surface area (Å²) < 4.78 is 10.8. The lowest BCUT2D eigenvalue weighted by Crippen LogP contribution is -2.18. The van der Waals surface area contributed by atoms with Gasteiger partial charge in [0.1, 0.15) is 0 Å². The Labute approximate surface area is 184 Å². The predicted octanol–water partition coefficient (Wildman–Crippen LogP) is 7.30. The molecule has 0 amide bonds. The lowest BCUT2D eigenvalue weighted by molar-refractivity contribution is 0.236. The number of rotatable bonds is 12. The van der Waals surface area contributed by atoms with Gasteiger partial charge in [0.15, 0.2) is 0 Å². The molecule has 2 nitrogen and oxygen atoms in total. The number of hydrogen-bond donors (Lipinski definition) is 0. The van der Waals surface area contributed by atoms with Crippen LogP contribution in [0.2, 0.25) is 0 Å². The third kappa shape index (κ3) is 7.87. The number of benzene rings is 2. The molecule has 0 spiro atoms. The Hall–Kier alpha value is -1.78. The normalized spacial score (nSPS) is 11.2. The van der Waals surface area contributed by atoms with Crippen LogP contribution in [0.1, 0.15) is 38.8 Å². The van der Waals surface area contributed by atoms with Crippen LogP contribution in [0.4, 0.5) is 0 Å². The standard InChI is InChI=1S/C25H32O2S2/c1-19(2)26-15-17-28-23-11-7-21(8-12-23)25(5,6)22-9-13-24(14-10-22)29-18-16-27-20(3)4/h7-14H,1,3,15-18H2,2,4-6H3. The summed E-state index contributed by atoms with van der Waals surface area (Å²) in [5.74, 6) is 3.39. The molecule has 29 heavy (non-hydrogen) atoms. The number of allylic oxidation sites excluding steroid dienone is 2. The van der Waals surface area contributed by atoms with Crippen LogP contribution < -0.4 is 0 Å². The van der Waals surface area contributed by atoms with Gasteiger partial charge in [-0.2, -0.15) is 0 Å². The molecule has 0 aromatic heterocycles. The first-order valence-corrected chi connectivity index (χ1v) is 11.8. The fourth-order valence-corrected chi connectivity index (χ4v) is 4.31. The van der Waals surface area contributed by atoms with Gasteiger partial charge in [-0.3, -0.25) is 0 Å². The lowest BCUT2D eigenvalue weighted by atomic mass is 9.78. The zero-order valence-electron chi connectivity index (χ0n) is 18.0. The summed E-state index contributed by atoms with van der Waals surface area (Å²) in [6.45, 7) is 17.2. The van der Waals surface area contributed by atoms with Gasteiger partial charge in [-0.05, 0) is 49.2 Å². The third-order valence-electron chi connectivity index (χ3n) is 4.55. The lowest BCUT2D eigenvalue weighted by Gasteiger charge is -2.26. The minimum absolute atomic E-state index is 0.0431. The predicted molar refractivity (Wildman–Crippen MR) is 128 cm³/mol. The molecule has 0 N–H and O–H groups in total. The SMILES string of the molecule is C=C(C)OCCSc1ccc(C(C)(C)c2ccc(SCCOC(=C)C)cc2)cc1. The van der Waals surface area contributed by atoms with Crippen molar-refractivity contribution in [3.63, 3.8) is 0 Å². The molecular weight excluding hydrogens is 396 g/mol. The Bertz CT molecular complexity index is 725. The molecule has 2 aromatic carbocycles. The summed E-state index contributed by atoms with van der Waals surface area (Å²) in [7, 11) is 0. The van der Waals surface area contributed by atoms with Crippen molar-refractivity contribution in [1.29, 1.82) is 0 Å². The maximum Gasteiger partial charge on any atom is 0.0970 e. The van der Waals surface area contributed by atoms with Crippen molar-refractivity contribution in [3.05, 3.63) is 84.3 Å². The highest BCUT2D eigenvalue weighted by Gasteiger charge is 2.22. The quantitative estimate of drug-likeness (QED) is 0.200. The highest BCUT2D eigenvalue weighted by molar-refractivity contribution is 7.99. The van der Waals surface area contributed by atoms with E-state index in [1.165, 1.54) is 20.9 Å². The van der Waals surface area contributed by atoms with E-state index < -0.39 is 0 Å². The molecule has 4 heteroatoms. The van der Waals surface area contributed by atoms with E-state index in [1.54, 1.807) is 23.5 Å². The van der Waals surface area contributed by atoms with Crippen LogP contribution in [0.25, 0.3) is 0 Å². The molecule has 0 unspecified atom stereocenters. The van der Waals surface area contributed by atoms with E-state index in [1.807, 2.05) is 13.8 Å². The van der Waals surface area contributed by atoms with E-state index in [-0.39, 0.29) is 5.41 Å². The van der Waals surface area contributed by atoms with Crippen molar-refractivity contribution in [1.82, 2.24) is 0 Å². The molecule has 0 saturated carbocycles. The molecule has 0 aliphatic rings. The maximum atomic E-state index is 5.42. The summed E-state index contributed by atoms with van der Waals surface area (Å²) >= 11 is 3.61. The zero-order chi connectivity index (χ0) is 21.3. The van der Waals surface area contributed by atoms with Gasteiger partial charge in [0.05, 0.1) is 24.7 Å². The van der Waals surface area contributed by atoms with Gasteiger partial charge in [0.2, 0.25) is 0 Å². The summed E-state index contributed by atoms with van der Waals surface area (Å²) in [6, 6.07) is 17.8. The van der Waals surface area contributed by atoms with Crippen LogP contribution in [0.5, 0.6) is 0 Å². The number of ether oxygens (including phenoxy) is 2. The van der Waals surface area contributed by atoms with Crippen molar-refractivity contribution < 1.29 is 9.47 Å². The fraction of sp³-hybridized carbons (Fsp3) is 0.360. The van der Waals surface area contributed by atoms with E-state index in [2.05, 4.69) is 75.5 Å². The smallest absolute Gasteiger partial charge is 0.0970 e. The maximum absolute atomic E-state index is 5.42. The average Bonchev–Trinajstić information content (AvgIpc) is 2.69. The van der Waals surface area contributed by atoms with Crippen LogP contribution in [0.3, 0.4) is 0 Å². The van der Waals surface area contributed by atoms with Gasteiger partial charge in [0.25, 0.3) is 0 Å². The Balaban J connectivity index is 1.93. The first-order valence-electron chi connectivity index (χ1n) is 9.82. The summed E-state index contributed by atoms with van der Waals surface area (Å²) in [5.41, 5.74) is 2.59. The number of thioether (sulfide) groups is 2. The molecule has 0 fully saturated rings. The summed E-state index contributed by atoms with van der Waals surface area (Å²) in [4.78, 5) is 2.53. The van der Waals surface area contributed by atoms with Crippen molar-refractivity contribution in [2.24, 2.45) is 0 Å². The second-order valence-corrected chi connectivity index (χ2v) is 9.81. The second kappa shape index (κ2) is 11.4. The Morgan fingerprint density at radius 1 is 0.724 bits per heavy atom. The van der Waals surface area contributed by atoms with Crippen molar-refractivity contribution >= 4 is 23.5 Å². The molecule has 0 saturated heterocycles. The Kier molecular flexibility index (Phi) is 9.25. The molecular formula is C25H32O2S2. The van der Waals surface area contributed by atoms with Gasteiger partial charge < -0.3 is 9.47 Å². The molecule has 2 rings (SSSR count). The molecule has 0 aliphatic heterocycles. The molecule has 0 heterocycles. The van der Waals surface area contributed by atoms with Gasteiger partial charge in [-0.1, -0.05) is 51.3 Å². The first kappa shape index (κ1) is 23.5. The summed E-state index contributed by atoms with van der Waals surface area (Å²) in [5, 5.41) is 0. The van der Waals surface area contributed by atoms with E-state index in [0.29, 0.717) is 13.2 Å². The topological polar surface area (TPSA) is 18.5 Å². The van der Waals surface area contributed by atoms with E-state index in [0.717, 1.165) is 23.0 Å². The molecule has 0 aliphatic carbocycles. The molecule has 0 radical (unpaired) electrons. The van der Waals surface area contributed by atoms with Crippen LogP contribution in [0, 0.1) is 0 Å². The van der Waals surface area contributed by atoms with Gasteiger partial charge in [-0.25, -0.2) is 0 Å². The van der Waals surface area contributed by atoms with Crippen LogP contribution in [-0.2, 0) is 14.9 Å².